The van der Waals surface area contributed by atoms with Gasteiger partial charge in [0.05, 0.1) is 18.6 Å². The summed E-state index contributed by atoms with van der Waals surface area (Å²) in [5.41, 5.74) is 2.21. The van der Waals surface area contributed by atoms with E-state index in [0.717, 1.165) is 10.0 Å². The third-order valence-corrected chi connectivity index (χ3v) is 4.81. The van der Waals surface area contributed by atoms with Crippen LogP contribution in [-0.4, -0.2) is 37.0 Å². The minimum Gasteiger partial charge on any atom is -0.462 e. The molecule has 0 heterocycles. The molecule has 2 aromatic rings. The van der Waals surface area contributed by atoms with Crippen molar-refractivity contribution in [2.24, 2.45) is 5.92 Å². The van der Waals surface area contributed by atoms with Crippen molar-refractivity contribution in [1.82, 2.24) is 0 Å². The van der Waals surface area contributed by atoms with E-state index < -0.39 is 30.4 Å². The number of carbonyl (C=O) groups excluding carboxylic acids is 4. The molecule has 2 rings (SSSR count). The van der Waals surface area contributed by atoms with Crippen LogP contribution in [0.1, 0.15) is 42.6 Å². The lowest BCUT2D eigenvalue weighted by atomic mass is 10.2. The summed E-state index contributed by atoms with van der Waals surface area (Å²) >= 11 is 3.35. The van der Waals surface area contributed by atoms with E-state index in [0.29, 0.717) is 23.5 Å². The maximum Gasteiger partial charge on any atom is 0.338 e. The van der Waals surface area contributed by atoms with E-state index in [1.165, 1.54) is 6.07 Å². The largest absolute Gasteiger partial charge is 0.462 e. The Morgan fingerprint density at radius 1 is 0.939 bits per heavy atom. The molecule has 0 radical (unpaired) electrons. The first-order valence-corrected chi connectivity index (χ1v) is 11.2. The maximum atomic E-state index is 12.1. The normalized spacial score (nSPS) is 10.5. The number of esters is 2. The number of halogens is 1. The Balaban J connectivity index is 1.74. The Bertz CT molecular complexity index is 1020. The highest BCUT2D eigenvalue weighted by atomic mass is 79.9. The van der Waals surface area contributed by atoms with Crippen molar-refractivity contribution in [3.8, 4) is 0 Å². The van der Waals surface area contributed by atoms with Crippen LogP contribution in [0.4, 0.5) is 11.4 Å². The van der Waals surface area contributed by atoms with Crippen LogP contribution in [0.2, 0.25) is 0 Å². The number of anilines is 2. The molecule has 0 aliphatic heterocycles. The smallest absolute Gasteiger partial charge is 0.338 e. The van der Waals surface area contributed by atoms with Gasteiger partial charge in [0, 0.05) is 22.3 Å². The Morgan fingerprint density at radius 2 is 1.70 bits per heavy atom. The summed E-state index contributed by atoms with van der Waals surface area (Å²) in [6.07, 6.45) is -0.319. The number of rotatable bonds is 10. The molecule has 0 spiro atoms. The van der Waals surface area contributed by atoms with Gasteiger partial charge in [-0.3, -0.25) is 14.4 Å². The van der Waals surface area contributed by atoms with Gasteiger partial charge in [0.15, 0.2) is 6.61 Å². The van der Waals surface area contributed by atoms with Crippen molar-refractivity contribution in [3.05, 3.63) is 58.1 Å². The summed E-state index contributed by atoms with van der Waals surface area (Å²) in [7, 11) is 0. The van der Waals surface area contributed by atoms with Crippen LogP contribution in [0, 0.1) is 12.8 Å². The highest BCUT2D eigenvalue weighted by Crippen LogP contribution is 2.20. The van der Waals surface area contributed by atoms with Crippen LogP contribution >= 0.6 is 15.9 Å². The Labute approximate surface area is 201 Å². The Hall–Kier alpha value is -3.20. The molecule has 2 amide bonds. The van der Waals surface area contributed by atoms with Gasteiger partial charge >= 0.3 is 11.9 Å². The number of hydrogen-bond donors (Lipinski definition) is 2. The SMILES string of the molecule is Cc1cc(Br)ccc1NC(=O)COC(=O)CCC(=O)Nc1cccc(C(=O)OCC(C)C)c1. The lowest BCUT2D eigenvalue weighted by Gasteiger charge is -2.10. The summed E-state index contributed by atoms with van der Waals surface area (Å²) in [4.78, 5) is 48.1. The molecule has 0 bridgehead atoms. The Kier molecular flexibility index (Phi) is 10.1. The van der Waals surface area contributed by atoms with Crippen LogP contribution in [0.15, 0.2) is 46.9 Å². The zero-order valence-corrected chi connectivity index (χ0v) is 20.4. The van der Waals surface area contributed by atoms with Gasteiger partial charge in [-0.15, -0.1) is 0 Å². The summed E-state index contributed by atoms with van der Waals surface area (Å²) in [6.45, 7) is 5.57. The molecule has 0 aliphatic rings. The molecule has 176 valence electrons. The van der Waals surface area contributed by atoms with Gasteiger partial charge in [-0.05, 0) is 54.8 Å². The van der Waals surface area contributed by atoms with Gasteiger partial charge in [0.25, 0.3) is 5.91 Å². The van der Waals surface area contributed by atoms with E-state index in [1.54, 1.807) is 30.3 Å². The average molecular weight is 519 g/mol. The summed E-state index contributed by atoms with van der Waals surface area (Å²) in [5.74, 6) is -1.82. The molecule has 9 heteroatoms. The summed E-state index contributed by atoms with van der Waals surface area (Å²) in [5, 5.41) is 5.29. The molecule has 0 fully saturated rings. The third-order valence-electron chi connectivity index (χ3n) is 4.31. The molecule has 33 heavy (non-hydrogen) atoms. The molecule has 0 aliphatic carbocycles. The first-order chi connectivity index (χ1) is 15.6. The zero-order valence-electron chi connectivity index (χ0n) is 18.8. The predicted molar refractivity (Wildman–Crippen MR) is 128 cm³/mol. The van der Waals surface area contributed by atoms with Crippen molar-refractivity contribution in [3.63, 3.8) is 0 Å². The van der Waals surface area contributed by atoms with E-state index in [2.05, 4.69) is 26.6 Å². The number of amides is 2. The minimum atomic E-state index is -0.668. The number of ether oxygens (including phenoxy) is 2. The fourth-order valence-electron chi connectivity index (χ4n) is 2.66. The van der Waals surface area contributed by atoms with Gasteiger partial charge in [0.1, 0.15) is 0 Å². The van der Waals surface area contributed by atoms with Crippen LogP contribution in [0.25, 0.3) is 0 Å². The zero-order chi connectivity index (χ0) is 24.4. The summed E-state index contributed by atoms with van der Waals surface area (Å²) < 4.78 is 11.0. The van der Waals surface area contributed by atoms with E-state index >= 15 is 0 Å². The Morgan fingerprint density at radius 3 is 2.39 bits per heavy atom. The number of nitrogens with one attached hydrogen (secondary N) is 2. The van der Waals surface area contributed by atoms with Crippen LogP contribution in [0.5, 0.6) is 0 Å². The van der Waals surface area contributed by atoms with Crippen molar-refractivity contribution in [2.45, 2.75) is 33.6 Å². The van der Waals surface area contributed by atoms with Crippen LogP contribution in [-0.2, 0) is 23.9 Å². The predicted octanol–water partition coefficient (Wildman–Crippen LogP) is 4.47. The molecule has 0 atom stereocenters. The van der Waals surface area contributed by atoms with E-state index in [1.807, 2.05) is 26.8 Å². The number of carbonyl (C=O) groups is 4. The maximum absolute atomic E-state index is 12.1. The second-order valence-corrected chi connectivity index (χ2v) is 8.71. The molecular formula is C24H27BrN2O6. The van der Waals surface area contributed by atoms with E-state index in [4.69, 9.17) is 9.47 Å². The molecular weight excluding hydrogens is 492 g/mol. The number of hydrogen-bond acceptors (Lipinski definition) is 6. The topological polar surface area (TPSA) is 111 Å². The molecule has 2 aromatic carbocycles. The van der Waals surface area contributed by atoms with Crippen molar-refractivity contribution in [2.75, 3.05) is 23.8 Å². The number of benzene rings is 2. The molecule has 0 aromatic heterocycles. The van der Waals surface area contributed by atoms with Crippen molar-refractivity contribution >= 4 is 51.1 Å². The first-order valence-electron chi connectivity index (χ1n) is 10.4. The molecule has 0 unspecified atom stereocenters. The van der Waals surface area contributed by atoms with E-state index in [-0.39, 0.29) is 18.8 Å². The fraction of sp³-hybridized carbons (Fsp3) is 0.333. The monoisotopic (exact) mass is 518 g/mol. The van der Waals surface area contributed by atoms with Crippen molar-refractivity contribution < 1.29 is 28.7 Å². The fourth-order valence-corrected chi connectivity index (χ4v) is 3.14. The molecule has 2 N–H and O–H groups in total. The molecule has 0 saturated heterocycles. The minimum absolute atomic E-state index is 0.131. The van der Waals surface area contributed by atoms with Gasteiger partial charge < -0.3 is 20.1 Å². The van der Waals surface area contributed by atoms with Gasteiger partial charge in [0.2, 0.25) is 5.91 Å². The van der Waals surface area contributed by atoms with Crippen molar-refractivity contribution in [1.29, 1.82) is 0 Å². The average Bonchev–Trinajstić information content (AvgIpc) is 2.76. The highest BCUT2D eigenvalue weighted by Gasteiger charge is 2.13. The standard InChI is InChI=1S/C24H27BrN2O6/c1-15(2)13-33-24(31)17-5-4-6-19(12-17)26-21(28)9-10-23(30)32-14-22(29)27-20-8-7-18(25)11-16(20)3/h4-8,11-12,15H,9-10,13-14H2,1-3H3,(H,26,28)(H,27,29). The van der Waals surface area contributed by atoms with Gasteiger partial charge in [-0.25, -0.2) is 4.79 Å². The second kappa shape index (κ2) is 12.7. The van der Waals surface area contributed by atoms with E-state index in [9.17, 15) is 19.2 Å². The van der Waals surface area contributed by atoms with Gasteiger partial charge in [-0.2, -0.15) is 0 Å². The van der Waals surface area contributed by atoms with Crippen LogP contribution < -0.4 is 10.6 Å². The summed E-state index contributed by atoms with van der Waals surface area (Å²) in [6, 6.07) is 11.7. The second-order valence-electron chi connectivity index (χ2n) is 7.79. The quantitative estimate of drug-likeness (QED) is 0.448. The third kappa shape index (κ3) is 9.44. The molecule has 8 nitrogen and oxygen atoms in total. The molecule has 0 saturated carbocycles. The first kappa shape index (κ1) is 26.1. The lowest BCUT2D eigenvalue weighted by Crippen LogP contribution is -2.22. The highest BCUT2D eigenvalue weighted by molar-refractivity contribution is 9.10. The lowest BCUT2D eigenvalue weighted by molar-refractivity contribution is -0.147. The van der Waals surface area contributed by atoms with Gasteiger partial charge in [-0.1, -0.05) is 35.8 Å². The number of aryl methyl sites for hydroxylation is 1. The van der Waals surface area contributed by atoms with Crippen LogP contribution in [0.3, 0.4) is 0 Å².